The van der Waals surface area contributed by atoms with Crippen molar-refractivity contribution in [1.29, 1.82) is 0 Å². The molecule has 1 aliphatic rings. The number of nitrogens with one attached hydrogen (secondary N) is 1. The number of aliphatic hydroxyl groups excluding tert-OH is 5. The Morgan fingerprint density at radius 2 is 1.07 bits per heavy atom. The fourth-order valence-corrected chi connectivity index (χ4v) is 8.32. The van der Waals surface area contributed by atoms with Crippen LogP contribution in [0.25, 0.3) is 0 Å². The van der Waals surface area contributed by atoms with Gasteiger partial charge in [0.2, 0.25) is 5.91 Å². The number of aliphatic hydroxyl groups is 5. The van der Waals surface area contributed by atoms with E-state index in [9.17, 15) is 43.3 Å². The zero-order valence-corrected chi connectivity index (χ0v) is 38.5. The van der Waals surface area contributed by atoms with Gasteiger partial charge in [0.25, 0.3) is 0 Å². The van der Waals surface area contributed by atoms with Gasteiger partial charge in [-0.1, -0.05) is 187 Å². The number of allylic oxidation sites excluding steroid dienone is 2. The van der Waals surface area contributed by atoms with Crippen LogP contribution in [0.4, 0.5) is 0 Å². The number of hydrogen-bond donors (Lipinski definition) is 7. The Bertz CT molecular complexity index is 1140. The van der Waals surface area contributed by atoms with E-state index < -0.39 is 78.5 Å². The summed E-state index contributed by atoms with van der Waals surface area (Å²) in [6.45, 7) is 3.28. The van der Waals surface area contributed by atoms with E-state index in [1.807, 2.05) is 0 Å². The van der Waals surface area contributed by atoms with Gasteiger partial charge in [0.1, 0.15) is 30.5 Å². The van der Waals surface area contributed by atoms with Crippen molar-refractivity contribution >= 4 is 16.3 Å². The summed E-state index contributed by atoms with van der Waals surface area (Å²) in [6, 6.07) is -1.03. The zero-order chi connectivity index (χ0) is 44.3. The Morgan fingerprint density at radius 1 is 0.650 bits per heavy atom. The predicted octanol–water partition coefficient (Wildman–Crippen LogP) is 8.53. The highest BCUT2D eigenvalue weighted by Crippen LogP contribution is 2.26. The molecule has 1 rings (SSSR count). The Labute approximate surface area is 364 Å². The standard InChI is InChI=1S/C46H89NO12S/c1-3-5-7-9-11-13-15-17-18-19-20-21-23-25-27-29-31-33-35-40(50)45(53)47-38(39(49)34-32-30-28-26-24-22-16-14-12-10-8-6-4-2)37-57-46-43(52)44(59-60(54,55)56)42(51)41(36-48)58-46/h19-20,38-44,46,48-52H,3-18,21-37H2,1-2H3,(H,47,53)(H,54,55,56)/b20-19-. The molecule has 0 radical (unpaired) electrons. The molecule has 1 heterocycles. The van der Waals surface area contributed by atoms with Crippen LogP contribution >= 0.6 is 0 Å². The van der Waals surface area contributed by atoms with E-state index in [4.69, 9.17) is 9.47 Å². The molecule has 14 heteroatoms. The van der Waals surface area contributed by atoms with E-state index in [2.05, 4.69) is 35.5 Å². The summed E-state index contributed by atoms with van der Waals surface area (Å²) >= 11 is 0. The average Bonchev–Trinajstić information content (AvgIpc) is 3.22. The highest BCUT2D eigenvalue weighted by atomic mass is 32.3. The first-order chi connectivity index (χ1) is 28.9. The fraction of sp³-hybridized carbons (Fsp3) is 0.935. The maximum atomic E-state index is 13.1. The summed E-state index contributed by atoms with van der Waals surface area (Å²) in [5.74, 6) is -0.673. The van der Waals surface area contributed by atoms with Gasteiger partial charge in [-0.15, -0.1) is 0 Å². The van der Waals surface area contributed by atoms with E-state index in [1.165, 1.54) is 116 Å². The van der Waals surface area contributed by atoms with E-state index >= 15 is 0 Å². The average molecular weight is 880 g/mol. The van der Waals surface area contributed by atoms with Crippen LogP contribution in [0, 0.1) is 0 Å². The molecule has 1 amide bonds. The van der Waals surface area contributed by atoms with Crippen molar-refractivity contribution in [2.75, 3.05) is 13.2 Å². The molecule has 1 aliphatic heterocycles. The molecule has 0 saturated carbocycles. The number of amides is 1. The van der Waals surface area contributed by atoms with Crippen molar-refractivity contribution in [3.05, 3.63) is 12.2 Å². The lowest BCUT2D eigenvalue weighted by Gasteiger charge is -2.41. The second-order valence-corrected chi connectivity index (χ2v) is 18.2. The van der Waals surface area contributed by atoms with Gasteiger partial charge >= 0.3 is 10.4 Å². The third-order valence-corrected chi connectivity index (χ3v) is 12.1. The first-order valence-corrected chi connectivity index (χ1v) is 25.5. The molecule has 0 bridgehead atoms. The van der Waals surface area contributed by atoms with Crippen LogP contribution in [0.1, 0.15) is 213 Å². The minimum Gasteiger partial charge on any atom is -0.394 e. The van der Waals surface area contributed by atoms with Crippen LogP contribution in [0.3, 0.4) is 0 Å². The third kappa shape index (κ3) is 29.2. The molecule has 356 valence electrons. The van der Waals surface area contributed by atoms with Crippen LogP contribution in [-0.2, 0) is 28.9 Å². The summed E-state index contributed by atoms with van der Waals surface area (Å²) in [7, 11) is -5.11. The van der Waals surface area contributed by atoms with Crippen LogP contribution in [0.15, 0.2) is 12.2 Å². The lowest BCUT2D eigenvalue weighted by Crippen LogP contribution is -2.61. The number of carbonyl (C=O) groups is 1. The van der Waals surface area contributed by atoms with Crippen LogP contribution < -0.4 is 5.32 Å². The lowest BCUT2D eigenvalue weighted by atomic mass is 9.99. The maximum absolute atomic E-state index is 13.1. The molecule has 1 saturated heterocycles. The van der Waals surface area contributed by atoms with Gasteiger partial charge in [-0.05, 0) is 38.5 Å². The summed E-state index contributed by atoms with van der Waals surface area (Å²) in [5, 5.41) is 55.4. The van der Waals surface area contributed by atoms with Crippen molar-refractivity contribution in [3.8, 4) is 0 Å². The van der Waals surface area contributed by atoms with Gasteiger partial charge in [0.05, 0.1) is 25.4 Å². The number of ether oxygens (including phenoxy) is 2. The summed E-state index contributed by atoms with van der Waals surface area (Å²) < 4.78 is 47.6. The van der Waals surface area contributed by atoms with Gasteiger partial charge in [-0.2, -0.15) is 8.42 Å². The zero-order valence-electron chi connectivity index (χ0n) is 37.6. The molecule has 0 aromatic carbocycles. The van der Waals surface area contributed by atoms with Crippen LogP contribution in [0.2, 0.25) is 0 Å². The first-order valence-electron chi connectivity index (χ1n) is 24.2. The minimum absolute atomic E-state index is 0.255. The summed E-state index contributed by atoms with van der Waals surface area (Å²) in [6.07, 6.45) is 28.2. The van der Waals surface area contributed by atoms with Crippen molar-refractivity contribution in [2.45, 2.75) is 262 Å². The van der Waals surface area contributed by atoms with Crippen molar-refractivity contribution in [1.82, 2.24) is 5.32 Å². The molecular formula is C46H89NO12S. The Balaban J connectivity index is 2.52. The molecule has 0 spiro atoms. The first kappa shape index (κ1) is 56.8. The van der Waals surface area contributed by atoms with E-state index in [0.717, 1.165) is 57.8 Å². The number of unbranched alkanes of at least 4 members (excludes halogenated alkanes) is 26. The summed E-state index contributed by atoms with van der Waals surface area (Å²) in [4.78, 5) is 13.1. The molecule has 13 nitrogen and oxygen atoms in total. The smallest absolute Gasteiger partial charge is 0.394 e. The molecule has 8 unspecified atom stereocenters. The Morgan fingerprint density at radius 3 is 1.50 bits per heavy atom. The largest absolute Gasteiger partial charge is 0.397 e. The number of rotatable bonds is 41. The quantitative estimate of drug-likeness (QED) is 0.0175. The van der Waals surface area contributed by atoms with Crippen LogP contribution in [0.5, 0.6) is 0 Å². The molecule has 0 aromatic heterocycles. The second kappa shape index (κ2) is 37.2. The number of carbonyl (C=O) groups excluding carboxylic acids is 1. The normalized spacial score (nSPS) is 21.4. The van der Waals surface area contributed by atoms with E-state index in [-0.39, 0.29) is 6.42 Å². The fourth-order valence-electron chi connectivity index (χ4n) is 7.81. The molecular weight excluding hydrogens is 791 g/mol. The van der Waals surface area contributed by atoms with Gasteiger partial charge in [0, 0.05) is 0 Å². The molecule has 60 heavy (non-hydrogen) atoms. The second-order valence-electron chi connectivity index (χ2n) is 17.2. The molecule has 0 aromatic rings. The molecule has 7 N–H and O–H groups in total. The molecule has 0 aliphatic carbocycles. The highest BCUT2D eigenvalue weighted by Gasteiger charge is 2.48. The minimum atomic E-state index is -5.11. The molecule has 8 atom stereocenters. The maximum Gasteiger partial charge on any atom is 0.397 e. The van der Waals surface area contributed by atoms with E-state index in [1.54, 1.807) is 0 Å². The monoisotopic (exact) mass is 880 g/mol. The SMILES string of the molecule is CCCCCCCCCC/C=C\CCCCCCCCC(O)C(=O)NC(COC1OC(CO)C(O)C(OS(=O)(=O)O)C1O)C(O)CCCCCCCCCCCCCCC. The van der Waals surface area contributed by atoms with Gasteiger partial charge in [-0.3, -0.25) is 9.35 Å². The van der Waals surface area contributed by atoms with Crippen molar-refractivity contribution < 1.29 is 57.0 Å². The Hall–Kier alpha value is -1.20. The highest BCUT2D eigenvalue weighted by molar-refractivity contribution is 7.80. The van der Waals surface area contributed by atoms with Gasteiger partial charge in [-0.25, -0.2) is 4.18 Å². The lowest BCUT2D eigenvalue weighted by molar-refractivity contribution is -0.298. The molecule has 1 fully saturated rings. The summed E-state index contributed by atoms with van der Waals surface area (Å²) in [5.41, 5.74) is 0. The Kier molecular flexibility index (Phi) is 35.2. The third-order valence-electron chi connectivity index (χ3n) is 11.7. The van der Waals surface area contributed by atoms with Gasteiger partial charge < -0.3 is 40.3 Å². The predicted molar refractivity (Wildman–Crippen MR) is 238 cm³/mol. The van der Waals surface area contributed by atoms with Crippen LogP contribution in [-0.4, -0.2) is 107 Å². The van der Waals surface area contributed by atoms with Crippen molar-refractivity contribution in [2.24, 2.45) is 0 Å². The number of hydrogen-bond acceptors (Lipinski definition) is 11. The van der Waals surface area contributed by atoms with Crippen molar-refractivity contribution in [3.63, 3.8) is 0 Å². The van der Waals surface area contributed by atoms with E-state index in [0.29, 0.717) is 19.3 Å². The topological polar surface area (TPSA) is 212 Å². The van der Waals surface area contributed by atoms with Gasteiger partial charge in [0.15, 0.2) is 6.29 Å².